The van der Waals surface area contributed by atoms with E-state index in [9.17, 15) is 9.59 Å². The van der Waals surface area contributed by atoms with Gasteiger partial charge in [-0.15, -0.1) is 0 Å². The SMILES string of the molecule is CCCCCCCCCCCCC(=O)[O][Sn][O]C(=O)CCCCCCCCCCCC. The third-order valence-corrected chi connectivity index (χ3v) is 7.56. The minimum Gasteiger partial charge on any atom is -0.0654 e. The van der Waals surface area contributed by atoms with Crippen LogP contribution in [0.1, 0.15) is 155 Å². The Bertz CT molecular complexity index is 365. The van der Waals surface area contributed by atoms with E-state index in [0.717, 1.165) is 25.7 Å². The van der Waals surface area contributed by atoms with Crippen molar-refractivity contribution >= 4 is 33.9 Å². The minimum atomic E-state index is -1.78. The van der Waals surface area contributed by atoms with Crippen molar-refractivity contribution in [2.45, 2.75) is 155 Å². The first-order valence-electron chi connectivity index (χ1n) is 13.3. The maximum absolute atomic E-state index is 11.7. The molecule has 0 saturated heterocycles. The second-order valence-electron chi connectivity index (χ2n) is 8.90. The third-order valence-electron chi connectivity index (χ3n) is 5.78. The molecule has 0 unspecified atom stereocenters. The summed E-state index contributed by atoms with van der Waals surface area (Å²) in [6, 6.07) is 0. The van der Waals surface area contributed by atoms with Gasteiger partial charge >= 0.3 is 178 Å². The topological polar surface area (TPSA) is 52.6 Å². The van der Waals surface area contributed by atoms with Gasteiger partial charge in [-0.3, -0.25) is 0 Å². The zero-order valence-corrected chi connectivity index (χ0v) is 23.5. The molecule has 0 atom stereocenters. The van der Waals surface area contributed by atoms with E-state index in [0.29, 0.717) is 12.8 Å². The summed E-state index contributed by atoms with van der Waals surface area (Å²) in [5.74, 6) is -0.365. The van der Waals surface area contributed by atoms with E-state index in [2.05, 4.69) is 13.8 Å². The molecule has 0 heterocycles. The quantitative estimate of drug-likeness (QED) is 0.0906. The fourth-order valence-corrected chi connectivity index (χ4v) is 4.96. The molecular formula is C26H50O4Sn. The number of hydrogen-bond donors (Lipinski definition) is 0. The first-order valence-corrected chi connectivity index (χ1v) is 15.7. The van der Waals surface area contributed by atoms with Crippen LogP contribution in [0.3, 0.4) is 0 Å². The molecule has 0 amide bonds. The standard InChI is InChI=1S/2C13H26O2.Sn/c2*1-2-3-4-5-6-7-8-9-10-11-12-13(14)15;/h2*2-12H2,1H3,(H,14,15);/q;;+2/p-2. The smallest absolute Gasteiger partial charge is 0.0654 e. The van der Waals surface area contributed by atoms with Gasteiger partial charge in [0.05, 0.1) is 0 Å². The molecular weight excluding hydrogens is 495 g/mol. The molecule has 4 nitrogen and oxygen atoms in total. The Hall–Kier alpha value is -0.261. The van der Waals surface area contributed by atoms with Crippen molar-refractivity contribution in [1.82, 2.24) is 0 Å². The molecule has 0 aliphatic heterocycles. The van der Waals surface area contributed by atoms with Gasteiger partial charge in [0.2, 0.25) is 0 Å². The van der Waals surface area contributed by atoms with Crippen molar-refractivity contribution < 1.29 is 15.7 Å². The fraction of sp³-hybridized carbons (Fsp3) is 0.923. The van der Waals surface area contributed by atoms with Gasteiger partial charge in [0.15, 0.2) is 0 Å². The van der Waals surface area contributed by atoms with Crippen LogP contribution in [0.5, 0.6) is 0 Å². The van der Waals surface area contributed by atoms with E-state index < -0.39 is 22.0 Å². The van der Waals surface area contributed by atoms with Crippen LogP contribution in [0.15, 0.2) is 0 Å². The molecule has 0 aromatic heterocycles. The first kappa shape index (κ1) is 30.7. The van der Waals surface area contributed by atoms with Crippen molar-refractivity contribution in [2.24, 2.45) is 0 Å². The van der Waals surface area contributed by atoms with Gasteiger partial charge in [0.25, 0.3) is 0 Å². The van der Waals surface area contributed by atoms with Crippen LogP contribution in [0.2, 0.25) is 0 Å². The predicted molar refractivity (Wildman–Crippen MR) is 131 cm³/mol. The maximum atomic E-state index is 11.7. The number of rotatable bonds is 24. The van der Waals surface area contributed by atoms with Gasteiger partial charge in [0, 0.05) is 0 Å². The van der Waals surface area contributed by atoms with Crippen LogP contribution in [0, 0.1) is 0 Å². The van der Waals surface area contributed by atoms with E-state index in [1.165, 1.54) is 103 Å². The molecule has 0 fully saturated rings. The van der Waals surface area contributed by atoms with Gasteiger partial charge in [0.1, 0.15) is 0 Å². The normalized spacial score (nSPS) is 10.9. The van der Waals surface area contributed by atoms with Crippen LogP contribution >= 0.6 is 0 Å². The van der Waals surface area contributed by atoms with Crippen molar-refractivity contribution in [2.75, 3.05) is 0 Å². The van der Waals surface area contributed by atoms with Gasteiger partial charge < -0.3 is 0 Å². The molecule has 0 N–H and O–H groups in total. The van der Waals surface area contributed by atoms with E-state index in [1.807, 2.05) is 0 Å². The molecule has 0 spiro atoms. The molecule has 5 heteroatoms. The second kappa shape index (κ2) is 26.0. The molecule has 2 radical (unpaired) electrons. The van der Waals surface area contributed by atoms with Gasteiger partial charge in [-0.25, -0.2) is 0 Å². The summed E-state index contributed by atoms with van der Waals surface area (Å²) < 4.78 is 10.4. The van der Waals surface area contributed by atoms with E-state index in [-0.39, 0.29) is 11.9 Å². The summed E-state index contributed by atoms with van der Waals surface area (Å²) >= 11 is -1.78. The Morgan fingerprint density at radius 2 is 0.710 bits per heavy atom. The first-order chi connectivity index (χ1) is 15.2. The Morgan fingerprint density at radius 3 is 1.00 bits per heavy atom. The number of hydrogen-bond acceptors (Lipinski definition) is 4. The van der Waals surface area contributed by atoms with Gasteiger partial charge in [-0.05, 0) is 0 Å². The van der Waals surface area contributed by atoms with Crippen LogP contribution in [0.4, 0.5) is 0 Å². The zero-order valence-electron chi connectivity index (χ0n) is 20.7. The average molecular weight is 545 g/mol. The molecule has 0 aliphatic carbocycles. The van der Waals surface area contributed by atoms with Gasteiger partial charge in [-0.1, -0.05) is 26.7 Å². The average Bonchev–Trinajstić information content (AvgIpc) is 2.76. The molecule has 182 valence electrons. The number of carbonyl (C=O) groups excluding carboxylic acids is 2. The van der Waals surface area contributed by atoms with Crippen LogP contribution in [-0.2, 0) is 15.7 Å². The Kier molecular flexibility index (Phi) is 25.8. The van der Waals surface area contributed by atoms with Crippen molar-refractivity contribution in [1.29, 1.82) is 0 Å². The third kappa shape index (κ3) is 25.9. The van der Waals surface area contributed by atoms with Gasteiger partial charge in [-0.2, -0.15) is 0 Å². The van der Waals surface area contributed by atoms with Crippen LogP contribution < -0.4 is 0 Å². The van der Waals surface area contributed by atoms with Crippen LogP contribution in [0.25, 0.3) is 0 Å². The van der Waals surface area contributed by atoms with Crippen molar-refractivity contribution in [3.05, 3.63) is 0 Å². The Morgan fingerprint density at radius 1 is 0.452 bits per heavy atom. The minimum absolute atomic E-state index is 0.182. The molecule has 0 bridgehead atoms. The summed E-state index contributed by atoms with van der Waals surface area (Å²) in [6.07, 6.45) is 26.0. The summed E-state index contributed by atoms with van der Waals surface area (Å²) in [5.41, 5.74) is 0. The summed E-state index contributed by atoms with van der Waals surface area (Å²) in [6.45, 7) is 4.49. The second-order valence-corrected chi connectivity index (χ2v) is 10.5. The summed E-state index contributed by atoms with van der Waals surface area (Å²) in [4.78, 5) is 23.5. The van der Waals surface area contributed by atoms with E-state index in [4.69, 9.17) is 6.15 Å². The summed E-state index contributed by atoms with van der Waals surface area (Å²) in [7, 11) is 0. The Balaban J connectivity index is 3.30. The monoisotopic (exact) mass is 546 g/mol. The van der Waals surface area contributed by atoms with Crippen LogP contribution in [-0.4, -0.2) is 33.9 Å². The predicted octanol–water partition coefficient (Wildman–Crippen LogP) is 8.23. The molecule has 0 aromatic carbocycles. The van der Waals surface area contributed by atoms with E-state index >= 15 is 0 Å². The fourth-order valence-electron chi connectivity index (χ4n) is 3.73. The molecule has 0 rings (SSSR count). The van der Waals surface area contributed by atoms with Crippen molar-refractivity contribution in [3.63, 3.8) is 0 Å². The number of unbranched alkanes of at least 4 members (excludes halogenated alkanes) is 18. The zero-order chi connectivity index (χ0) is 22.8. The summed E-state index contributed by atoms with van der Waals surface area (Å²) in [5, 5.41) is 0. The molecule has 0 aromatic rings. The Labute approximate surface area is 204 Å². The molecule has 31 heavy (non-hydrogen) atoms. The molecule has 0 aliphatic rings. The van der Waals surface area contributed by atoms with Crippen molar-refractivity contribution in [3.8, 4) is 0 Å². The number of carbonyl (C=O) groups is 2. The molecule has 0 saturated carbocycles. The van der Waals surface area contributed by atoms with E-state index in [1.54, 1.807) is 0 Å².